The van der Waals surface area contributed by atoms with Crippen LogP contribution in [-0.2, 0) is 36.9 Å². The lowest BCUT2D eigenvalue weighted by Crippen LogP contribution is -2.50. The molecule has 0 bridgehead atoms. The Hall–Kier alpha value is -4.44. The number of aliphatic hydroxyl groups is 1. The third kappa shape index (κ3) is 14.3. The van der Waals surface area contributed by atoms with Crippen molar-refractivity contribution in [3.8, 4) is 0 Å². The summed E-state index contributed by atoms with van der Waals surface area (Å²) in [4.78, 5) is 51.9. The maximum absolute atomic E-state index is 13.5. The standard InChI is InChI=1S/C39H53N3O7/c1-3-15-32(26-35(44)42-39(29-43)22-12-13-23-39)36(45)41-34(21-11-14-24-40-38(47)49-27-31-19-9-6-10-20-31)28-48-37(46)33(16-4-2)25-30-17-7-5-8-18-30/h3-10,17-20,32-34,43H,1-2,11-16,21-29H2,(H,40,47)(H,41,45)(H,42,44)/t32-,33+,34+/m1/s1. The highest BCUT2D eigenvalue weighted by atomic mass is 16.5. The van der Waals surface area contributed by atoms with Gasteiger partial charge in [-0.05, 0) is 62.5 Å². The van der Waals surface area contributed by atoms with Gasteiger partial charge < -0.3 is 30.5 Å². The molecule has 0 aromatic heterocycles. The number of aliphatic hydroxyl groups excluding tert-OH is 1. The molecule has 4 N–H and O–H groups in total. The zero-order valence-electron chi connectivity index (χ0n) is 28.6. The predicted molar refractivity (Wildman–Crippen MR) is 189 cm³/mol. The number of ether oxygens (including phenoxy) is 2. The lowest BCUT2D eigenvalue weighted by molar-refractivity contribution is -0.150. The number of allylic oxidation sites excluding steroid dienone is 2. The van der Waals surface area contributed by atoms with Crippen LogP contribution in [0.3, 0.4) is 0 Å². The van der Waals surface area contributed by atoms with Crippen molar-refractivity contribution in [2.24, 2.45) is 11.8 Å². The molecule has 10 nitrogen and oxygen atoms in total. The van der Waals surface area contributed by atoms with Crippen molar-refractivity contribution >= 4 is 23.9 Å². The number of alkyl carbamates (subject to hydrolysis) is 1. The first-order chi connectivity index (χ1) is 23.8. The van der Waals surface area contributed by atoms with Gasteiger partial charge in [0.25, 0.3) is 0 Å². The van der Waals surface area contributed by atoms with Gasteiger partial charge in [0, 0.05) is 13.0 Å². The Kier molecular flexibility index (Phi) is 17.1. The van der Waals surface area contributed by atoms with Crippen molar-refractivity contribution in [2.45, 2.75) is 88.8 Å². The molecule has 0 radical (unpaired) electrons. The number of hydrogen-bond acceptors (Lipinski definition) is 7. The van der Waals surface area contributed by atoms with E-state index in [0.29, 0.717) is 51.5 Å². The van der Waals surface area contributed by atoms with Gasteiger partial charge in [-0.2, -0.15) is 0 Å². The normalized spacial score (nSPS) is 15.2. The molecular formula is C39H53N3O7. The maximum Gasteiger partial charge on any atom is 0.407 e. The van der Waals surface area contributed by atoms with Crippen LogP contribution in [0, 0.1) is 11.8 Å². The van der Waals surface area contributed by atoms with Crippen molar-refractivity contribution in [2.75, 3.05) is 19.8 Å². The highest BCUT2D eigenvalue weighted by molar-refractivity contribution is 5.86. The molecule has 0 aliphatic heterocycles. The third-order valence-electron chi connectivity index (χ3n) is 8.87. The Morgan fingerprint density at radius 2 is 1.49 bits per heavy atom. The van der Waals surface area contributed by atoms with Crippen LogP contribution in [0.4, 0.5) is 4.79 Å². The molecule has 0 heterocycles. The van der Waals surface area contributed by atoms with Crippen LogP contribution in [0.5, 0.6) is 0 Å². The minimum absolute atomic E-state index is 0.0415. The number of carbonyl (C=O) groups excluding carboxylic acids is 4. The number of benzene rings is 2. The molecule has 1 aliphatic carbocycles. The van der Waals surface area contributed by atoms with Gasteiger partial charge >= 0.3 is 12.1 Å². The Balaban J connectivity index is 1.58. The first-order valence-electron chi connectivity index (χ1n) is 17.4. The van der Waals surface area contributed by atoms with Crippen LogP contribution in [0.1, 0.15) is 75.3 Å². The number of amides is 3. The Morgan fingerprint density at radius 1 is 0.857 bits per heavy atom. The van der Waals surface area contributed by atoms with Crippen LogP contribution >= 0.6 is 0 Å². The summed E-state index contributed by atoms with van der Waals surface area (Å²) in [6, 6.07) is 18.6. The molecule has 1 aliphatic rings. The molecule has 266 valence electrons. The van der Waals surface area contributed by atoms with Gasteiger partial charge in [-0.1, -0.05) is 85.7 Å². The highest BCUT2D eigenvalue weighted by Gasteiger charge is 2.35. The third-order valence-corrected chi connectivity index (χ3v) is 8.87. The fraction of sp³-hybridized carbons (Fsp3) is 0.487. The van der Waals surface area contributed by atoms with Crippen LogP contribution in [-0.4, -0.2) is 60.3 Å². The van der Waals surface area contributed by atoms with Gasteiger partial charge in [0.05, 0.1) is 30.0 Å². The van der Waals surface area contributed by atoms with Crippen LogP contribution in [0.15, 0.2) is 86.0 Å². The van der Waals surface area contributed by atoms with Gasteiger partial charge in [0.2, 0.25) is 11.8 Å². The van der Waals surface area contributed by atoms with Crippen LogP contribution in [0.2, 0.25) is 0 Å². The molecule has 3 amide bonds. The summed E-state index contributed by atoms with van der Waals surface area (Å²) < 4.78 is 11.0. The average molecular weight is 676 g/mol. The summed E-state index contributed by atoms with van der Waals surface area (Å²) in [5, 5.41) is 18.7. The second-order valence-electron chi connectivity index (χ2n) is 12.9. The summed E-state index contributed by atoms with van der Waals surface area (Å²) in [5.74, 6) is -2.11. The number of nitrogens with one attached hydrogen (secondary N) is 3. The summed E-state index contributed by atoms with van der Waals surface area (Å²) in [6.45, 7) is 7.94. The molecular weight excluding hydrogens is 622 g/mol. The minimum atomic E-state index is -0.680. The zero-order chi connectivity index (χ0) is 35.3. The topological polar surface area (TPSA) is 143 Å². The number of unbranched alkanes of at least 4 members (excludes halogenated alkanes) is 1. The second kappa shape index (κ2) is 21.5. The van der Waals surface area contributed by atoms with Gasteiger partial charge in [-0.3, -0.25) is 14.4 Å². The fourth-order valence-corrected chi connectivity index (χ4v) is 6.09. The van der Waals surface area contributed by atoms with E-state index in [2.05, 4.69) is 29.1 Å². The van der Waals surface area contributed by atoms with E-state index in [9.17, 15) is 24.3 Å². The van der Waals surface area contributed by atoms with Crippen LogP contribution in [0.25, 0.3) is 0 Å². The molecule has 10 heteroatoms. The summed E-state index contributed by atoms with van der Waals surface area (Å²) >= 11 is 0. The lowest BCUT2D eigenvalue weighted by Gasteiger charge is -2.29. The van der Waals surface area contributed by atoms with E-state index in [1.165, 1.54) is 0 Å². The minimum Gasteiger partial charge on any atom is -0.463 e. The van der Waals surface area contributed by atoms with E-state index in [0.717, 1.165) is 24.0 Å². The number of esters is 1. The zero-order valence-corrected chi connectivity index (χ0v) is 28.6. The first-order valence-corrected chi connectivity index (χ1v) is 17.4. The van der Waals surface area contributed by atoms with Crippen molar-refractivity contribution in [1.82, 2.24) is 16.0 Å². The van der Waals surface area contributed by atoms with E-state index in [1.807, 2.05) is 60.7 Å². The smallest absolute Gasteiger partial charge is 0.407 e. The van der Waals surface area contributed by atoms with E-state index in [1.54, 1.807) is 12.2 Å². The lowest BCUT2D eigenvalue weighted by atomic mass is 9.95. The average Bonchev–Trinajstić information content (AvgIpc) is 3.58. The fourth-order valence-electron chi connectivity index (χ4n) is 6.09. The van der Waals surface area contributed by atoms with Crippen molar-refractivity contribution in [3.05, 3.63) is 97.1 Å². The monoisotopic (exact) mass is 675 g/mol. The molecule has 2 aromatic carbocycles. The Bertz CT molecular complexity index is 1330. The van der Waals surface area contributed by atoms with Crippen molar-refractivity contribution in [1.29, 1.82) is 0 Å². The van der Waals surface area contributed by atoms with Crippen molar-refractivity contribution in [3.63, 3.8) is 0 Å². The first kappa shape index (κ1) is 39.0. The second-order valence-corrected chi connectivity index (χ2v) is 12.9. The van der Waals surface area contributed by atoms with Gasteiger partial charge in [0.1, 0.15) is 13.2 Å². The molecule has 49 heavy (non-hydrogen) atoms. The summed E-state index contributed by atoms with van der Waals surface area (Å²) in [6.07, 6.45) is 8.94. The molecule has 0 unspecified atom stereocenters. The molecule has 1 fully saturated rings. The SMILES string of the molecule is C=CC[C@H](CC(=O)NC1(CO)CCCC1)C(=O)N[C@@H](CCCCNC(=O)OCc1ccccc1)COC(=O)[C@@H](CC=C)Cc1ccccc1. The van der Waals surface area contributed by atoms with E-state index >= 15 is 0 Å². The van der Waals surface area contributed by atoms with Gasteiger partial charge in [-0.25, -0.2) is 4.79 Å². The molecule has 3 atom stereocenters. The summed E-state index contributed by atoms with van der Waals surface area (Å²) in [7, 11) is 0. The number of rotatable bonds is 22. The summed E-state index contributed by atoms with van der Waals surface area (Å²) in [5.41, 5.74) is 1.27. The maximum atomic E-state index is 13.5. The molecule has 3 rings (SSSR count). The highest BCUT2D eigenvalue weighted by Crippen LogP contribution is 2.29. The largest absolute Gasteiger partial charge is 0.463 e. The molecule has 0 spiro atoms. The van der Waals surface area contributed by atoms with E-state index < -0.39 is 29.5 Å². The van der Waals surface area contributed by atoms with Gasteiger partial charge in [0.15, 0.2) is 0 Å². The Labute approximate surface area is 290 Å². The Morgan fingerprint density at radius 3 is 2.12 bits per heavy atom. The molecule has 1 saturated carbocycles. The number of hydrogen-bond donors (Lipinski definition) is 4. The molecule has 0 saturated heterocycles. The van der Waals surface area contributed by atoms with Gasteiger partial charge in [-0.15, -0.1) is 13.2 Å². The predicted octanol–water partition coefficient (Wildman–Crippen LogP) is 5.55. The van der Waals surface area contributed by atoms with Crippen molar-refractivity contribution < 1.29 is 33.8 Å². The van der Waals surface area contributed by atoms with E-state index in [-0.39, 0.29) is 50.4 Å². The van der Waals surface area contributed by atoms with E-state index in [4.69, 9.17) is 9.47 Å². The number of carbonyl (C=O) groups is 4. The van der Waals surface area contributed by atoms with Crippen LogP contribution < -0.4 is 16.0 Å². The quantitative estimate of drug-likeness (QED) is 0.0728. The molecule has 2 aromatic rings.